The summed E-state index contributed by atoms with van der Waals surface area (Å²) in [6, 6.07) is 3.78. The van der Waals surface area contributed by atoms with Crippen LogP contribution in [0.2, 0.25) is 0 Å². The van der Waals surface area contributed by atoms with Gasteiger partial charge < -0.3 is 25.7 Å². The zero-order valence-corrected chi connectivity index (χ0v) is 30.1. The Morgan fingerprint density at radius 1 is 0.778 bits per heavy atom. The van der Waals surface area contributed by atoms with E-state index in [-0.39, 0.29) is 29.6 Å². The molecule has 10 rings (SSSR count). The van der Waals surface area contributed by atoms with Crippen LogP contribution in [0.3, 0.4) is 0 Å². The highest BCUT2D eigenvalue weighted by Crippen LogP contribution is 2.50. The van der Waals surface area contributed by atoms with E-state index < -0.39 is 0 Å². The Morgan fingerprint density at radius 2 is 1.48 bits per heavy atom. The number of hydrogen-bond donors (Lipinski definition) is 4. The van der Waals surface area contributed by atoms with E-state index >= 15 is 0 Å². The normalized spacial score (nSPS) is 20.3. The first-order valence-electron chi connectivity index (χ1n) is 18.9. The van der Waals surface area contributed by atoms with Crippen molar-refractivity contribution in [2.45, 2.75) is 64.3 Å². The summed E-state index contributed by atoms with van der Waals surface area (Å²) in [6.45, 7) is 0.869. The third-order valence-corrected chi connectivity index (χ3v) is 11.5. The SMILES string of the molecule is CNc1ncc(-c2nc3n(n2)CCCC3)c2cc(NC(=O)C3CC3C3CCc4nc(-c5cnc(NC)c6cnc(NC(=O)C7CC7)cc56)oc4C3)ncc12. The average Bonchev–Trinajstić information content (AvgIpc) is 4.12. The molecular formula is C39H40N12O3. The van der Waals surface area contributed by atoms with Gasteiger partial charge in [0, 0.05) is 97.2 Å². The lowest BCUT2D eigenvalue weighted by atomic mass is 9.86. The van der Waals surface area contributed by atoms with Crippen molar-refractivity contribution in [3.63, 3.8) is 0 Å². The molecule has 274 valence electrons. The predicted molar refractivity (Wildman–Crippen MR) is 203 cm³/mol. The second kappa shape index (κ2) is 12.8. The number of rotatable bonds is 9. The number of anilines is 4. The molecule has 3 unspecified atom stereocenters. The maximum Gasteiger partial charge on any atom is 0.228 e. The van der Waals surface area contributed by atoms with Gasteiger partial charge in [0.05, 0.1) is 11.3 Å². The van der Waals surface area contributed by atoms with Crippen molar-refractivity contribution in [2.24, 2.45) is 23.7 Å². The van der Waals surface area contributed by atoms with Crippen LogP contribution in [0.5, 0.6) is 0 Å². The minimum Gasteiger partial charge on any atom is -0.441 e. The molecule has 0 saturated heterocycles. The summed E-state index contributed by atoms with van der Waals surface area (Å²) < 4.78 is 8.46. The second-order valence-electron chi connectivity index (χ2n) is 15.0. The van der Waals surface area contributed by atoms with Gasteiger partial charge in [-0.15, -0.1) is 0 Å². The molecule has 6 aromatic rings. The zero-order chi connectivity index (χ0) is 36.5. The van der Waals surface area contributed by atoms with Crippen LogP contribution < -0.4 is 21.3 Å². The van der Waals surface area contributed by atoms with Gasteiger partial charge in [-0.3, -0.25) is 9.59 Å². The molecule has 0 aromatic carbocycles. The predicted octanol–water partition coefficient (Wildman–Crippen LogP) is 5.63. The van der Waals surface area contributed by atoms with Crippen LogP contribution in [0, 0.1) is 23.7 Å². The lowest BCUT2D eigenvalue weighted by Crippen LogP contribution is -2.21. The van der Waals surface area contributed by atoms with E-state index in [0.29, 0.717) is 40.9 Å². The second-order valence-corrected chi connectivity index (χ2v) is 15.0. The maximum atomic E-state index is 13.6. The van der Waals surface area contributed by atoms with Crippen LogP contribution in [0.4, 0.5) is 23.3 Å². The Balaban J connectivity index is 0.858. The fraction of sp³-hybridized carbons (Fsp3) is 0.410. The molecule has 54 heavy (non-hydrogen) atoms. The Bertz CT molecular complexity index is 2460. The number of fused-ring (bicyclic) bond motifs is 4. The van der Waals surface area contributed by atoms with Gasteiger partial charge in [-0.1, -0.05) is 0 Å². The Kier molecular flexibility index (Phi) is 7.77. The smallest absolute Gasteiger partial charge is 0.228 e. The molecule has 2 amide bonds. The van der Waals surface area contributed by atoms with E-state index in [1.54, 1.807) is 24.8 Å². The summed E-state index contributed by atoms with van der Waals surface area (Å²) >= 11 is 0. The van der Waals surface area contributed by atoms with Gasteiger partial charge in [0.1, 0.15) is 34.9 Å². The van der Waals surface area contributed by atoms with Gasteiger partial charge >= 0.3 is 0 Å². The molecule has 2 saturated carbocycles. The molecule has 3 aliphatic carbocycles. The lowest BCUT2D eigenvalue weighted by Gasteiger charge is -2.20. The highest BCUT2D eigenvalue weighted by Gasteiger charge is 2.49. The summed E-state index contributed by atoms with van der Waals surface area (Å²) in [5.41, 5.74) is 2.51. The summed E-state index contributed by atoms with van der Waals surface area (Å²) in [7, 11) is 3.65. The number of carbonyl (C=O) groups is 2. The first-order valence-corrected chi connectivity index (χ1v) is 18.9. The van der Waals surface area contributed by atoms with Crippen LogP contribution in [-0.4, -0.2) is 65.6 Å². The van der Waals surface area contributed by atoms with Crippen molar-refractivity contribution in [2.75, 3.05) is 35.4 Å². The highest BCUT2D eigenvalue weighted by molar-refractivity contribution is 6.04. The lowest BCUT2D eigenvalue weighted by molar-refractivity contribution is -0.118. The Morgan fingerprint density at radius 3 is 2.19 bits per heavy atom. The maximum absolute atomic E-state index is 13.6. The number of carbonyl (C=O) groups excluding carboxylic acids is 2. The molecule has 0 radical (unpaired) electrons. The number of pyridine rings is 4. The summed E-state index contributed by atoms with van der Waals surface area (Å²) in [5.74, 6) is 5.90. The Hall–Kier alpha value is -5.99. The first kappa shape index (κ1) is 32.6. The molecule has 3 atom stereocenters. The quantitative estimate of drug-likeness (QED) is 0.144. The summed E-state index contributed by atoms with van der Waals surface area (Å²) in [4.78, 5) is 54.2. The van der Waals surface area contributed by atoms with Crippen molar-refractivity contribution >= 4 is 56.6 Å². The number of nitrogens with one attached hydrogen (secondary N) is 4. The largest absolute Gasteiger partial charge is 0.441 e. The third kappa shape index (κ3) is 5.78. The van der Waals surface area contributed by atoms with Crippen LogP contribution in [0.25, 0.3) is 44.4 Å². The van der Waals surface area contributed by atoms with Crippen molar-refractivity contribution in [3.05, 3.63) is 54.2 Å². The first-order chi connectivity index (χ1) is 26.4. The van der Waals surface area contributed by atoms with Gasteiger partial charge in [0.15, 0.2) is 5.82 Å². The molecular weight excluding hydrogens is 685 g/mol. The summed E-state index contributed by atoms with van der Waals surface area (Å²) in [6.07, 6.45) is 15.3. The van der Waals surface area contributed by atoms with Crippen molar-refractivity contribution in [3.8, 4) is 22.8 Å². The molecule has 7 heterocycles. The van der Waals surface area contributed by atoms with Gasteiger partial charge in [-0.25, -0.2) is 34.6 Å². The molecule has 0 bridgehead atoms. The van der Waals surface area contributed by atoms with Crippen LogP contribution in [0.15, 0.2) is 41.3 Å². The monoisotopic (exact) mass is 724 g/mol. The van der Waals surface area contributed by atoms with Gasteiger partial charge in [-0.05, 0) is 68.9 Å². The molecule has 15 nitrogen and oxygen atoms in total. The molecule has 2 fully saturated rings. The highest BCUT2D eigenvalue weighted by atomic mass is 16.4. The van der Waals surface area contributed by atoms with E-state index in [4.69, 9.17) is 19.5 Å². The van der Waals surface area contributed by atoms with E-state index in [1.165, 1.54) is 0 Å². The zero-order valence-electron chi connectivity index (χ0n) is 30.1. The molecule has 0 spiro atoms. The summed E-state index contributed by atoms with van der Waals surface area (Å²) in [5, 5.41) is 20.5. The average molecular weight is 725 g/mol. The number of amides is 2. The molecule has 15 heteroatoms. The topological polar surface area (TPSA) is 191 Å². The van der Waals surface area contributed by atoms with Crippen molar-refractivity contribution < 1.29 is 14.0 Å². The van der Waals surface area contributed by atoms with Crippen LogP contribution in [-0.2, 0) is 35.4 Å². The molecule has 4 N–H and O–H groups in total. The molecule has 1 aliphatic heterocycles. The number of nitrogens with zero attached hydrogens (tertiary/aromatic N) is 8. The van der Waals surface area contributed by atoms with Gasteiger partial charge in [0.2, 0.25) is 17.7 Å². The van der Waals surface area contributed by atoms with E-state index in [2.05, 4.69) is 41.2 Å². The minimum absolute atomic E-state index is 0.000193. The number of aryl methyl sites for hydroxylation is 3. The number of hydrogen-bond acceptors (Lipinski definition) is 12. The van der Waals surface area contributed by atoms with E-state index in [1.807, 2.05) is 30.9 Å². The fourth-order valence-corrected chi connectivity index (χ4v) is 8.26. The standard InChI is InChI=1S/C39H40N12O3/c1-40-34-25-15-43-32(13-22(25)27(17-44-34)36-49-33-5-3-4-10-51(33)50-36)48-38(53)24-12-21(24)20-8-9-29-30(11-20)54-39(46-29)28-18-45-35(41-2)26-16-42-31(14-23(26)28)47-37(52)19-6-7-19/h13-21,24H,3-12H2,1-2H3,(H,40,44)(H,41,45)(H,42,47,52)(H,43,48,53). The number of oxazole rings is 1. The fourth-order valence-electron chi connectivity index (χ4n) is 8.26. The van der Waals surface area contributed by atoms with Gasteiger partial charge in [-0.2, -0.15) is 5.10 Å². The van der Waals surface area contributed by atoms with E-state index in [9.17, 15) is 9.59 Å². The van der Waals surface area contributed by atoms with E-state index in [0.717, 1.165) is 114 Å². The van der Waals surface area contributed by atoms with Gasteiger partial charge in [0.25, 0.3) is 0 Å². The molecule has 6 aromatic heterocycles. The third-order valence-electron chi connectivity index (χ3n) is 11.5. The minimum atomic E-state index is -0.0956. The van der Waals surface area contributed by atoms with Crippen molar-refractivity contribution in [1.29, 1.82) is 0 Å². The van der Waals surface area contributed by atoms with Crippen molar-refractivity contribution in [1.82, 2.24) is 39.7 Å². The number of aromatic nitrogens is 8. The Labute approximate surface area is 310 Å². The van der Waals surface area contributed by atoms with Crippen LogP contribution >= 0.6 is 0 Å². The molecule has 4 aliphatic rings. The van der Waals surface area contributed by atoms with Crippen LogP contribution in [0.1, 0.15) is 55.8 Å².